The van der Waals surface area contributed by atoms with Crippen LogP contribution in [0.1, 0.15) is 33.6 Å². The minimum absolute atomic E-state index is 0.0267. The number of hydroxylamine groups is 2. The third kappa shape index (κ3) is 4.21. The Kier molecular flexibility index (Phi) is 5.02. The second-order valence-corrected chi connectivity index (χ2v) is 5.56. The van der Waals surface area contributed by atoms with E-state index in [0.29, 0.717) is 16.4 Å². The lowest BCUT2D eigenvalue weighted by Crippen LogP contribution is -2.32. The molecule has 1 heterocycles. The van der Waals surface area contributed by atoms with E-state index >= 15 is 0 Å². The fourth-order valence-electron chi connectivity index (χ4n) is 2.24. The van der Waals surface area contributed by atoms with Gasteiger partial charge in [-0.2, -0.15) is 10.2 Å². The van der Waals surface area contributed by atoms with Crippen molar-refractivity contribution in [1.82, 2.24) is 5.06 Å². The minimum atomic E-state index is -1.03. The molecule has 0 saturated carbocycles. The maximum absolute atomic E-state index is 12.0. The molecule has 2 amide bonds. The molecule has 0 bridgehead atoms. The van der Waals surface area contributed by atoms with Gasteiger partial charge in [0.05, 0.1) is 22.5 Å². The molecule has 136 valence electrons. The topological polar surface area (TPSA) is 126 Å². The van der Waals surface area contributed by atoms with Gasteiger partial charge in [-0.15, -0.1) is 5.06 Å². The van der Waals surface area contributed by atoms with Crippen molar-refractivity contribution in [1.29, 1.82) is 0 Å². The first-order valence-electron chi connectivity index (χ1n) is 7.87. The van der Waals surface area contributed by atoms with Gasteiger partial charge in [-0.3, -0.25) is 9.59 Å². The SMILES string of the molecule is O=C(O)c1ccc(N=Nc2ccc(C(=O)ON3C(=O)CCC3=O)cc2)cc1. The average Bonchev–Trinajstić information content (AvgIpc) is 2.99. The molecule has 1 aliphatic heterocycles. The number of carboxylic acid groups (broad SMARTS) is 1. The number of carboxylic acids is 1. The van der Waals surface area contributed by atoms with Gasteiger partial charge in [0.15, 0.2) is 0 Å². The van der Waals surface area contributed by atoms with Crippen LogP contribution in [0.5, 0.6) is 0 Å². The maximum atomic E-state index is 12.0. The van der Waals surface area contributed by atoms with Crippen molar-refractivity contribution in [3.63, 3.8) is 0 Å². The predicted molar refractivity (Wildman–Crippen MR) is 90.5 cm³/mol. The Hall–Kier alpha value is -3.88. The Morgan fingerprint density at radius 2 is 1.26 bits per heavy atom. The summed E-state index contributed by atoms with van der Waals surface area (Å²) in [7, 11) is 0. The molecule has 0 aromatic heterocycles. The number of imide groups is 1. The summed E-state index contributed by atoms with van der Waals surface area (Å²) in [6.07, 6.45) is 0.0533. The Balaban J connectivity index is 1.64. The minimum Gasteiger partial charge on any atom is -0.478 e. The lowest BCUT2D eigenvalue weighted by atomic mass is 10.2. The molecule has 1 aliphatic rings. The number of azo groups is 1. The van der Waals surface area contributed by atoms with E-state index in [0.717, 1.165) is 0 Å². The van der Waals surface area contributed by atoms with Crippen LogP contribution < -0.4 is 0 Å². The summed E-state index contributed by atoms with van der Waals surface area (Å²) in [6.45, 7) is 0. The van der Waals surface area contributed by atoms with E-state index in [1.165, 1.54) is 48.5 Å². The summed E-state index contributed by atoms with van der Waals surface area (Å²) < 4.78 is 0. The number of rotatable bonds is 5. The molecule has 1 N–H and O–H groups in total. The molecule has 3 rings (SSSR count). The van der Waals surface area contributed by atoms with Crippen LogP contribution in [0.4, 0.5) is 11.4 Å². The second kappa shape index (κ2) is 7.56. The monoisotopic (exact) mass is 367 g/mol. The van der Waals surface area contributed by atoms with Crippen LogP contribution in [-0.2, 0) is 14.4 Å². The normalized spacial score (nSPS) is 14.0. The van der Waals surface area contributed by atoms with E-state index < -0.39 is 23.8 Å². The van der Waals surface area contributed by atoms with Crippen molar-refractivity contribution in [2.24, 2.45) is 10.2 Å². The number of amides is 2. The Bertz CT molecular complexity index is 919. The largest absolute Gasteiger partial charge is 0.478 e. The van der Waals surface area contributed by atoms with E-state index in [2.05, 4.69) is 10.2 Å². The first kappa shape index (κ1) is 17.9. The quantitative estimate of drug-likeness (QED) is 0.639. The van der Waals surface area contributed by atoms with Crippen molar-refractivity contribution in [2.75, 3.05) is 0 Å². The van der Waals surface area contributed by atoms with E-state index in [1.54, 1.807) is 0 Å². The van der Waals surface area contributed by atoms with E-state index in [9.17, 15) is 19.2 Å². The Morgan fingerprint density at radius 3 is 1.70 bits per heavy atom. The fraction of sp³-hybridized carbons (Fsp3) is 0.111. The lowest BCUT2D eigenvalue weighted by Gasteiger charge is -2.12. The van der Waals surface area contributed by atoms with Gasteiger partial charge in [-0.1, -0.05) is 0 Å². The molecule has 27 heavy (non-hydrogen) atoms. The summed E-state index contributed by atoms with van der Waals surface area (Å²) in [5.74, 6) is -2.95. The number of hydrogen-bond donors (Lipinski definition) is 1. The van der Waals surface area contributed by atoms with Crippen LogP contribution in [0.15, 0.2) is 58.8 Å². The van der Waals surface area contributed by atoms with Gasteiger partial charge in [-0.05, 0) is 48.5 Å². The molecule has 0 radical (unpaired) electrons. The Labute approximate surface area is 152 Å². The first-order valence-corrected chi connectivity index (χ1v) is 7.87. The first-order chi connectivity index (χ1) is 12.9. The van der Waals surface area contributed by atoms with Gasteiger partial charge < -0.3 is 9.94 Å². The summed E-state index contributed by atoms with van der Waals surface area (Å²) in [5, 5.41) is 17.3. The van der Waals surface area contributed by atoms with Gasteiger partial charge in [0.1, 0.15) is 0 Å². The summed E-state index contributed by atoms with van der Waals surface area (Å²) in [4.78, 5) is 50.5. The number of nitrogens with zero attached hydrogens (tertiary/aromatic N) is 3. The standard InChI is InChI=1S/C18H13N3O6/c22-15-9-10-16(23)21(15)27-18(26)12-3-7-14(8-4-12)20-19-13-5-1-11(2-6-13)17(24)25/h1-8H,9-10H2,(H,24,25). The van der Waals surface area contributed by atoms with Crippen molar-refractivity contribution < 1.29 is 29.1 Å². The molecule has 0 atom stereocenters. The number of carbonyl (C=O) groups excluding carboxylic acids is 3. The van der Waals surface area contributed by atoms with Gasteiger partial charge in [0.2, 0.25) is 0 Å². The molecular formula is C18H13N3O6. The summed E-state index contributed by atoms with van der Waals surface area (Å²) in [5.41, 5.74) is 1.20. The van der Waals surface area contributed by atoms with Crippen molar-refractivity contribution in [3.8, 4) is 0 Å². The number of benzene rings is 2. The third-order valence-corrected chi connectivity index (χ3v) is 3.68. The molecule has 0 unspecified atom stereocenters. The molecular weight excluding hydrogens is 354 g/mol. The van der Waals surface area contributed by atoms with E-state index in [1.807, 2.05) is 0 Å². The highest BCUT2D eigenvalue weighted by molar-refractivity contribution is 6.02. The molecule has 0 aliphatic carbocycles. The molecule has 2 aromatic carbocycles. The number of carbonyl (C=O) groups is 4. The van der Waals surface area contributed by atoms with Crippen molar-refractivity contribution >= 4 is 35.1 Å². The van der Waals surface area contributed by atoms with Crippen molar-refractivity contribution in [3.05, 3.63) is 59.7 Å². The highest BCUT2D eigenvalue weighted by atomic mass is 16.7. The van der Waals surface area contributed by atoms with Crippen LogP contribution in [0.25, 0.3) is 0 Å². The number of aromatic carboxylic acids is 1. The maximum Gasteiger partial charge on any atom is 0.363 e. The molecule has 2 aromatic rings. The van der Waals surface area contributed by atoms with Crippen LogP contribution in [0, 0.1) is 0 Å². The molecule has 1 saturated heterocycles. The predicted octanol–water partition coefficient (Wildman–Crippen LogP) is 3.02. The molecule has 1 fully saturated rings. The lowest BCUT2D eigenvalue weighted by molar-refractivity contribution is -0.172. The summed E-state index contributed by atoms with van der Waals surface area (Å²) >= 11 is 0. The third-order valence-electron chi connectivity index (χ3n) is 3.68. The van der Waals surface area contributed by atoms with Gasteiger partial charge in [0, 0.05) is 12.8 Å². The van der Waals surface area contributed by atoms with E-state index in [4.69, 9.17) is 9.94 Å². The molecule has 0 spiro atoms. The smallest absolute Gasteiger partial charge is 0.363 e. The highest BCUT2D eigenvalue weighted by Crippen LogP contribution is 2.20. The summed E-state index contributed by atoms with van der Waals surface area (Å²) in [6, 6.07) is 11.7. The zero-order valence-corrected chi connectivity index (χ0v) is 13.9. The highest BCUT2D eigenvalue weighted by Gasteiger charge is 2.33. The fourth-order valence-corrected chi connectivity index (χ4v) is 2.24. The second-order valence-electron chi connectivity index (χ2n) is 5.56. The van der Waals surface area contributed by atoms with Crippen LogP contribution in [0.3, 0.4) is 0 Å². The van der Waals surface area contributed by atoms with Crippen LogP contribution in [0.2, 0.25) is 0 Å². The Morgan fingerprint density at radius 1 is 0.815 bits per heavy atom. The molecule has 9 nitrogen and oxygen atoms in total. The van der Waals surface area contributed by atoms with Gasteiger partial charge in [-0.25, -0.2) is 9.59 Å². The van der Waals surface area contributed by atoms with Gasteiger partial charge >= 0.3 is 11.9 Å². The zero-order valence-electron chi connectivity index (χ0n) is 13.9. The van der Waals surface area contributed by atoms with Crippen LogP contribution >= 0.6 is 0 Å². The zero-order chi connectivity index (χ0) is 19.4. The van der Waals surface area contributed by atoms with E-state index in [-0.39, 0.29) is 24.0 Å². The van der Waals surface area contributed by atoms with Crippen LogP contribution in [-0.4, -0.2) is 33.9 Å². The molecule has 9 heteroatoms. The number of hydrogen-bond acceptors (Lipinski definition) is 7. The average molecular weight is 367 g/mol. The van der Waals surface area contributed by atoms with Gasteiger partial charge in [0.25, 0.3) is 11.8 Å². The van der Waals surface area contributed by atoms with Crippen molar-refractivity contribution in [2.45, 2.75) is 12.8 Å².